The van der Waals surface area contributed by atoms with Crippen LogP contribution in [-0.4, -0.2) is 27.0 Å². The highest BCUT2D eigenvalue weighted by Gasteiger charge is 2.43. The van der Waals surface area contributed by atoms with Crippen molar-refractivity contribution < 1.29 is 4.92 Å². The van der Waals surface area contributed by atoms with Crippen LogP contribution in [0, 0.1) is 15.5 Å². The average Bonchev–Trinajstić information content (AvgIpc) is 3.39. The lowest BCUT2D eigenvalue weighted by molar-refractivity contribution is -0.537. The van der Waals surface area contributed by atoms with Gasteiger partial charge in [0.1, 0.15) is 0 Å². The van der Waals surface area contributed by atoms with Gasteiger partial charge in [0.05, 0.1) is 22.0 Å². The molecule has 0 aromatic carbocycles. The van der Waals surface area contributed by atoms with Gasteiger partial charge >= 0.3 is 5.66 Å². The molecule has 0 aliphatic carbocycles. The molecule has 0 amide bonds. The number of nitrogens with one attached hydrogen (secondary N) is 2. The molecule has 0 fully saturated rings. The molecule has 0 saturated heterocycles. The van der Waals surface area contributed by atoms with E-state index in [0.29, 0.717) is 5.71 Å². The first-order valence-corrected chi connectivity index (χ1v) is 9.35. The zero-order valence-electron chi connectivity index (χ0n) is 16.0. The van der Waals surface area contributed by atoms with E-state index in [0.717, 1.165) is 33.5 Å². The Labute approximate surface area is 166 Å². The first kappa shape index (κ1) is 17.4. The Hall–Kier alpha value is -3.74. The quantitative estimate of drug-likeness (QED) is 0.571. The zero-order valence-corrected chi connectivity index (χ0v) is 16.0. The van der Waals surface area contributed by atoms with Gasteiger partial charge in [-0.15, -0.1) is 0 Å². The second-order valence-electron chi connectivity index (χ2n) is 8.01. The number of nitrogens with zero attached hydrogens (tertiary/aromatic N) is 3. The molecule has 7 heteroatoms. The van der Waals surface area contributed by atoms with Gasteiger partial charge in [-0.25, -0.2) is 9.98 Å². The van der Waals surface area contributed by atoms with Crippen molar-refractivity contribution in [3.05, 3.63) is 92.6 Å². The topological polar surface area (TPSA) is 95.7 Å². The van der Waals surface area contributed by atoms with E-state index in [9.17, 15) is 10.1 Å². The normalized spacial score (nSPS) is 25.8. The maximum absolute atomic E-state index is 12.0. The number of H-pyrrole nitrogens is 1. The molecule has 5 rings (SSSR count). The molecule has 0 spiro atoms. The first-order valence-electron chi connectivity index (χ1n) is 9.35. The Morgan fingerprint density at radius 2 is 1.76 bits per heavy atom. The van der Waals surface area contributed by atoms with Crippen LogP contribution in [0.25, 0.3) is 12.2 Å². The smallest absolute Gasteiger partial charge is 0.354 e. The maximum atomic E-state index is 12.0. The second kappa shape index (κ2) is 5.88. The van der Waals surface area contributed by atoms with Crippen LogP contribution in [0.3, 0.4) is 0 Å². The molecule has 0 radical (unpaired) electrons. The van der Waals surface area contributed by atoms with Gasteiger partial charge in [0.2, 0.25) is 0 Å². The summed E-state index contributed by atoms with van der Waals surface area (Å²) in [6, 6.07) is 3.86. The molecule has 2 N–H and O–H groups in total. The van der Waals surface area contributed by atoms with E-state index in [4.69, 9.17) is 0 Å². The van der Waals surface area contributed by atoms with Crippen LogP contribution in [0.4, 0.5) is 0 Å². The van der Waals surface area contributed by atoms with Gasteiger partial charge in [0, 0.05) is 39.7 Å². The largest absolute Gasteiger partial charge is 0.358 e. The van der Waals surface area contributed by atoms with Crippen molar-refractivity contribution in [2.24, 2.45) is 15.4 Å². The highest BCUT2D eigenvalue weighted by molar-refractivity contribution is 6.19. The van der Waals surface area contributed by atoms with Gasteiger partial charge < -0.3 is 10.3 Å². The lowest BCUT2D eigenvalue weighted by Crippen LogP contribution is -2.33. The molecule has 1 atom stereocenters. The van der Waals surface area contributed by atoms with E-state index < -0.39 is 11.1 Å². The van der Waals surface area contributed by atoms with Crippen molar-refractivity contribution in [2.45, 2.75) is 19.5 Å². The van der Waals surface area contributed by atoms with Gasteiger partial charge in [-0.1, -0.05) is 13.8 Å². The van der Waals surface area contributed by atoms with Gasteiger partial charge in [0.25, 0.3) is 0 Å². The van der Waals surface area contributed by atoms with E-state index in [1.165, 1.54) is 6.08 Å². The van der Waals surface area contributed by atoms with Gasteiger partial charge in [0.15, 0.2) is 0 Å². The van der Waals surface area contributed by atoms with E-state index >= 15 is 0 Å². The highest BCUT2D eigenvalue weighted by atomic mass is 16.6. The molecular weight excluding hydrogens is 366 g/mol. The van der Waals surface area contributed by atoms with Crippen LogP contribution in [0.2, 0.25) is 0 Å². The van der Waals surface area contributed by atoms with Crippen molar-refractivity contribution in [1.29, 1.82) is 0 Å². The average molecular weight is 385 g/mol. The Morgan fingerprint density at radius 1 is 1.00 bits per heavy atom. The van der Waals surface area contributed by atoms with Crippen LogP contribution >= 0.6 is 0 Å². The number of aromatic amines is 1. The Morgan fingerprint density at radius 3 is 2.52 bits per heavy atom. The second-order valence-corrected chi connectivity index (χ2v) is 8.01. The lowest BCUT2D eigenvalue weighted by atomic mass is 9.89. The number of nitro groups is 1. The van der Waals surface area contributed by atoms with Crippen molar-refractivity contribution in [3.8, 4) is 0 Å². The summed E-state index contributed by atoms with van der Waals surface area (Å²) in [5.74, 6) is 0. The molecule has 4 aliphatic heterocycles. The minimum atomic E-state index is -1.63. The third-order valence-corrected chi connectivity index (χ3v) is 5.27. The molecule has 7 nitrogen and oxygen atoms in total. The zero-order chi connectivity index (χ0) is 20.2. The predicted octanol–water partition coefficient (Wildman–Crippen LogP) is 1.86. The number of rotatable bonds is 1. The van der Waals surface area contributed by atoms with Gasteiger partial charge in [-0.3, -0.25) is 10.1 Å². The monoisotopic (exact) mass is 385 g/mol. The number of aliphatic imine (C=N–C) groups is 2. The summed E-state index contributed by atoms with van der Waals surface area (Å²) < 4.78 is 0. The van der Waals surface area contributed by atoms with Crippen LogP contribution in [0.1, 0.15) is 13.8 Å². The molecule has 0 saturated carbocycles. The van der Waals surface area contributed by atoms with Crippen molar-refractivity contribution >= 4 is 23.6 Å². The minimum Gasteiger partial charge on any atom is -0.358 e. The number of hydrogen-bond acceptors (Lipinski definition) is 5. The third kappa shape index (κ3) is 3.00. The Balaban J connectivity index is 1.74. The first-order chi connectivity index (χ1) is 13.8. The van der Waals surface area contributed by atoms with Crippen LogP contribution in [0.15, 0.2) is 81.7 Å². The Kier molecular flexibility index (Phi) is 3.52. The molecule has 1 aromatic heterocycles. The lowest BCUT2D eigenvalue weighted by Gasteiger charge is -2.20. The predicted molar refractivity (Wildman–Crippen MR) is 113 cm³/mol. The van der Waals surface area contributed by atoms with E-state index in [1.54, 1.807) is 18.2 Å². The molecule has 144 valence electrons. The fourth-order valence-corrected chi connectivity index (χ4v) is 3.77. The number of fused-ring (bicyclic) bond motifs is 6. The van der Waals surface area contributed by atoms with Crippen molar-refractivity contribution in [1.82, 2.24) is 10.3 Å². The number of allylic oxidation sites excluding steroid dienone is 5. The summed E-state index contributed by atoms with van der Waals surface area (Å²) in [5, 5.41) is 17.0. The Bertz CT molecular complexity index is 1280. The standard InChI is InChI=1S/C22H19N5O2/c1-21(2)12-19-11-17-6-4-15(24-17)9-14-3-5-16(23-14)10-18-7-8-22(26-18,27(28)29)13-20(21)25-19/h3-13,23,25H,1-2H3. The fraction of sp³-hybridized carbons (Fsp3) is 0.182. The molecule has 1 unspecified atom stereocenters. The minimum absolute atomic E-state index is 0.362. The van der Waals surface area contributed by atoms with Gasteiger partial charge in [-0.2, -0.15) is 0 Å². The van der Waals surface area contributed by atoms with Crippen LogP contribution in [0.5, 0.6) is 0 Å². The maximum Gasteiger partial charge on any atom is 0.354 e. The van der Waals surface area contributed by atoms with Crippen molar-refractivity contribution in [2.75, 3.05) is 0 Å². The molecule has 1 aromatic rings. The molecular formula is C22H19N5O2. The number of hydrogen-bond donors (Lipinski definition) is 2. The fourth-order valence-electron chi connectivity index (χ4n) is 3.77. The summed E-state index contributed by atoms with van der Waals surface area (Å²) >= 11 is 0. The summed E-state index contributed by atoms with van der Waals surface area (Å²) in [4.78, 5) is 24.0. The molecule has 29 heavy (non-hydrogen) atoms. The highest BCUT2D eigenvalue weighted by Crippen LogP contribution is 2.37. The molecule has 8 bridgehead atoms. The van der Waals surface area contributed by atoms with Gasteiger partial charge in [-0.05, 0) is 54.7 Å². The van der Waals surface area contributed by atoms with E-state index in [1.807, 2.05) is 50.3 Å². The van der Waals surface area contributed by atoms with Crippen LogP contribution < -0.4 is 16.0 Å². The summed E-state index contributed by atoms with van der Waals surface area (Å²) in [6.45, 7) is 4.03. The van der Waals surface area contributed by atoms with E-state index in [-0.39, 0.29) is 4.92 Å². The molecule has 4 aliphatic rings. The van der Waals surface area contributed by atoms with Crippen LogP contribution in [-0.2, 0) is 0 Å². The summed E-state index contributed by atoms with van der Waals surface area (Å²) in [5.41, 5.74) is 1.80. The van der Waals surface area contributed by atoms with E-state index in [2.05, 4.69) is 26.4 Å². The SMILES string of the molecule is CC1(C)C=C2C=C3C=CC(=N3)C=c3ccc([nH]3)=CC3=NC([N+](=O)[O-])(C=C3)C=C1N2. The third-order valence-electron chi connectivity index (χ3n) is 5.27. The van der Waals surface area contributed by atoms with Crippen molar-refractivity contribution in [3.63, 3.8) is 0 Å². The molecule has 5 heterocycles. The summed E-state index contributed by atoms with van der Waals surface area (Å²) in [6.07, 6.45) is 16.5. The number of aromatic nitrogens is 1. The summed E-state index contributed by atoms with van der Waals surface area (Å²) in [7, 11) is 0.